The molecule has 1 saturated heterocycles. The van der Waals surface area contributed by atoms with E-state index in [1.54, 1.807) is 0 Å². The lowest BCUT2D eigenvalue weighted by molar-refractivity contribution is 0.949. The van der Waals surface area contributed by atoms with Crippen LogP contribution in [0.5, 0.6) is 0 Å². The fourth-order valence-corrected chi connectivity index (χ4v) is 1.87. The third-order valence-corrected chi connectivity index (χ3v) is 2.57. The normalized spacial score (nSPS) is 16.8. The summed E-state index contributed by atoms with van der Waals surface area (Å²) in [6.07, 6.45) is 8.60. The molecule has 1 aromatic heterocycles. The van der Waals surface area contributed by atoms with Crippen LogP contribution in [-0.4, -0.2) is 18.1 Å². The molecule has 2 nitrogen and oxygen atoms in total. The molecule has 0 amide bonds. The fraction of sp³-hybridized carbons (Fsp3) is 0.417. The highest BCUT2D eigenvalue weighted by atomic mass is 15.1. The van der Waals surface area contributed by atoms with Gasteiger partial charge in [0.2, 0.25) is 0 Å². The van der Waals surface area contributed by atoms with Crippen molar-refractivity contribution in [1.29, 1.82) is 0 Å². The van der Waals surface area contributed by atoms with Gasteiger partial charge in [-0.15, -0.1) is 0 Å². The number of allylic oxidation sites excluding steroid dienone is 1. The second kappa shape index (κ2) is 4.27. The minimum absolute atomic E-state index is 1.05. The van der Waals surface area contributed by atoms with E-state index in [0.717, 1.165) is 5.69 Å². The van der Waals surface area contributed by atoms with Crippen molar-refractivity contribution in [3.63, 3.8) is 0 Å². The van der Waals surface area contributed by atoms with Crippen LogP contribution in [0.15, 0.2) is 24.4 Å². The Hall–Kier alpha value is -1.31. The van der Waals surface area contributed by atoms with Crippen LogP contribution >= 0.6 is 0 Å². The smallest absolute Gasteiger partial charge is 0.0646 e. The van der Waals surface area contributed by atoms with Gasteiger partial charge in [0, 0.05) is 25.0 Å². The summed E-state index contributed by atoms with van der Waals surface area (Å²) in [7, 11) is 0. The van der Waals surface area contributed by atoms with E-state index < -0.39 is 0 Å². The lowest BCUT2D eigenvalue weighted by Crippen LogP contribution is -2.17. The number of aromatic nitrogens is 1. The number of hydrogen-bond donors (Lipinski definition) is 0. The molecule has 0 radical (unpaired) electrons. The predicted molar refractivity (Wildman–Crippen MR) is 60.4 cm³/mol. The second-order valence-electron chi connectivity index (χ2n) is 3.63. The highest BCUT2D eigenvalue weighted by Crippen LogP contribution is 2.20. The van der Waals surface area contributed by atoms with Gasteiger partial charge in [-0.05, 0) is 38.0 Å². The Bertz CT molecular complexity index is 325. The SMILES string of the molecule is C/C=C/c1cc(N2CCCC2)ccn1. The molecule has 2 heterocycles. The van der Waals surface area contributed by atoms with Gasteiger partial charge in [0.1, 0.15) is 0 Å². The van der Waals surface area contributed by atoms with Crippen molar-refractivity contribution in [3.05, 3.63) is 30.1 Å². The first-order valence-corrected chi connectivity index (χ1v) is 5.24. The van der Waals surface area contributed by atoms with Gasteiger partial charge < -0.3 is 4.90 Å². The molecule has 1 aliphatic heterocycles. The number of hydrogen-bond acceptors (Lipinski definition) is 2. The van der Waals surface area contributed by atoms with E-state index in [1.165, 1.54) is 31.6 Å². The van der Waals surface area contributed by atoms with Crippen molar-refractivity contribution in [3.8, 4) is 0 Å². The van der Waals surface area contributed by atoms with Crippen molar-refractivity contribution in [1.82, 2.24) is 4.98 Å². The summed E-state index contributed by atoms with van der Waals surface area (Å²) in [5, 5.41) is 0. The van der Waals surface area contributed by atoms with Crippen LogP contribution < -0.4 is 4.90 Å². The Morgan fingerprint density at radius 3 is 2.86 bits per heavy atom. The van der Waals surface area contributed by atoms with E-state index in [1.807, 2.05) is 25.3 Å². The number of anilines is 1. The molecule has 14 heavy (non-hydrogen) atoms. The predicted octanol–water partition coefficient (Wildman–Crippen LogP) is 2.71. The van der Waals surface area contributed by atoms with E-state index in [9.17, 15) is 0 Å². The molecular formula is C12H16N2. The Labute approximate surface area is 85.3 Å². The van der Waals surface area contributed by atoms with Gasteiger partial charge in [0.15, 0.2) is 0 Å². The average Bonchev–Trinajstić information content (AvgIpc) is 2.71. The summed E-state index contributed by atoms with van der Waals surface area (Å²) in [6, 6.07) is 4.25. The maximum absolute atomic E-state index is 4.29. The number of nitrogens with zero attached hydrogens (tertiary/aromatic N) is 2. The van der Waals surface area contributed by atoms with Crippen molar-refractivity contribution >= 4 is 11.8 Å². The highest BCUT2D eigenvalue weighted by Gasteiger charge is 2.11. The zero-order chi connectivity index (χ0) is 9.80. The molecule has 0 aliphatic carbocycles. The maximum atomic E-state index is 4.29. The lowest BCUT2D eigenvalue weighted by Gasteiger charge is -2.17. The molecule has 0 spiro atoms. The van der Waals surface area contributed by atoms with E-state index in [-0.39, 0.29) is 0 Å². The molecular weight excluding hydrogens is 172 g/mol. The van der Waals surface area contributed by atoms with Crippen LogP contribution in [0, 0.1) is 0 Å². The van der Waals surface area contributed by atoms with Crippen molar-refractivity contribution in [2.45, 2.75) is 19.8 Å². The van der Waals surface area contributed by atoms with Crippen molar-refractivity contribution in [2.24, 2.45) is 0 Å². The number of rotatable bonds is 2. The summed E-state index contributed by atoms with van der Waals surface area (Å²) in [5.41, 5.74) is 2.36. The topological polar surface area (TPSA) is 16.1 Å². The molecule has 0 bridgehead atoms. The largest absolute Gasteiger partial charge is 0.371 e. The maximum Gasteiger partial charge on any atom is 0.0646 e. The van der Waals surface area contributed by atoms with E-state index >= 15 is 0 Å². The standard InChI is InChI=1S/C12H16N2/c1-2-5-11-10-12(6-7-13-11)14-8-3-4-9-14/h2,5-7,10H,3-4,8-9H2,1H3/b5-2+. The summed E-state index contributed by atoms with van der Waals surface area (Å²) in [6.45, 7) is 4.41. The molecule has 0 unspecified atom stereocenters. The van der Waals surface area contributed by atoms with Crippen LogP contribution in [0.4, 0.5) is 5.69 Å². The quantitative estimate of drug-likeness (QED) is 0.709. The van der Waals surface area contributed by atoms with Crippen LogP contribution in [0.2, 0.25) is 0 Å². The molecule has 74 valence electrons. The first-order chi connectivity index (χ1) is 6.90. The molecule has 0 saturated carbocycles. The van der Waals surface area contributed by atoms with Gasteiger partial charge in [0.25, 0.3) is 0 Å². The average molecular weight is 188 g/mol. The summed E-state index contributed by atoms with van der Waals surface area (Å²) in [4.78, 5) is 6.71. The first kappa shape index (κ1) is 9.25. The van der Waals surface area contributed by atoms with Crippen molar-refractivity contribution < 1.29 is 0 Å². The minimum atomic E-state index is 1.05. The monoisotopic (exact) mass is 188 g/mol. The van der Waals surface area contributed by atoms with Crippen LogP contribution in [0.1, 0.15) is 25.5 Å². The van der Waals surface area contributed by atoms with E-state index in [2.05, 4.69) is 22.0 Å². The summed E-state index contributed by atoms with van der Waals surface area (Å²) < 4.78 is 0. The second-order valence-corrected chi connectivity index (χ2v) is 3.63. The Morgan fingerprint density at radius 2 is 2.14 bits per heavy atom. The lowest BCUT2D eigenvalue weighted by atomic mass is 10.3. The molecule has 1 fully saturated rings. The first-order valence-electron chi connectivity index (χ1n) is 5.24. The van der Waals surface area contributed by atoms with E-state index in [0.29, 0.717) is 0 Å². The zero-order valence-corrected chi connectivity index (χ0v) is 8.61. The van der Waals surface area contributed by atoms with Gasteiger partial charge in [0.05, 0.1) is 5.69 Å². The Balaban J connectivity index is 2.20. The van der Waals surface area contributed by atoms with E-state index in [4.69, 9.17) is 0 Å². The molecule has 2 heteroatoms. The van der Waals surface area contributed by atoms with Crippen LogP contribution in [0.25, 0.3) is 6.08 Å². The van der Waals surface area contributed by atoms with Crippen LogP contribution in [0.3, 0.4) is 0 Å². The van der Waals surface area contributed by atoms with Crippen molar-refractivity contribution in [2.75, 3.05) is 18.0 Å². The molecule has 2 rings (SSSR count). The van der Waals surface area contributed by atoms with Gasteiger partial charge in [-0.2, -0.15) is 0 Å². The molecule has 1 aromatic rings. The van der Waals surface area contributed by atoms with Gasteiger partial charge in [-0.25, -0.2) is 0 Å². The Morgan fingerprint density at radius 1 is 1.36 bits per heavy atom. The molecule has 0 aromatic carbocycles. The van der Waals surface area contributed by atoms with Gasteiger partial charge in [-0.1, -0.05) is 6.08 Å². The molecule has 0 N–H and O–H groups in total. The van der Waals surface area contributed by atoms with Gasteiger partial charge in [-0.3, -0.25) is 4.98 Å². The zero-order valence-electron chi connectivity index (χ0n) is 8.61. The molecule has 0 atom stereocenters. The summed E-state index contributed by atoms with van der Waals surface area (Å²) >= 11 is 0. The van der Waals surface area contributed by atoms with Gasteiger partial charge >= 0.3 is 0 Å². The fourth-order valence-electron chi connectivity index (χ4n) is 1.87. The number of pyridine rings is 1. The minimum Gasteiger partial charge on any atom is -0.371 e. The van der Waals surface area contributed by atoms with Crippen LogP contribution in [-0.2, 0) is 0 Å². The highest BCUT2D eigenvalue weighted by molar-refractivity contribution is 5.55. The Kier molecular flexibility index (Phi) is 2.82. The third-order valence-electron chi connectivity index (χ3n) is 2.57. The molecule has 1 aliphatic rings. The third kappa shape index (κ3) is 1.95. The summed E-state index contributed by atoms with van der Waals surface area (Å²) in [5.74, 6) is 0.